The number of phenolic OH excluding ortho intramolecular Hbond substituents is 1. The molecular formula is C15H13BrO3. The minimum absolute atomic E-state index is 0.00593. The second-order valence-corrected chi connectivity index (χ2v) is 5.01. The van der Waals surface area contributed by atoms with Crippen LogP contribution in [0.25, 0.3) is 0 Å². The quantitative estimate of drug-likeness (QED) is 0.868. The number of carbonyl (C=O) groups excluding carboxylic acids is 1. The number of rotatable bonds is 4. The average molecular weight is 321 g/mol. The lowest BCUT2D eigenvalue weighted by Crippen LogP contribution is -1.97. The van der Waals surface area contributed by atoms with E-state index >= 15 is 0 Å². The molecule has 3 nitrogen and oxygen atoms in total. The number of phenols is 1. The number of halogens is 1. The van der Waals surface area contributed by atoms with Crippen LogP contribution in [0.4, 0.5) is 0 Å². The van der Waals surface area contributed by atoms with E-state index < -0.39 is 0 Å². The zero-order valence-corrected chi connectivity index (χ0v) is 12.0. The molecule has 0 aliphatic heterocycles. The predicted octanol–water partition coefficient (Wildman–Crippen LogP) is 3.94. The van der Waals surface area contributed by atoms with Crippen LogP contribution in [0.3, 0.4) is 0 Å². The summed E-state index contributed by atoms with van der Waals surface area (Å²) in [5.74, 6) is 0.890. The van der Waals surface area contributed by atoms with Crippen molar-refractivity contribution in [3.8, 4) is 11.5 Å². The van der Waals surface area contributed by atoms with Crippen molar-refractivity contribution in [3.05, 3.63) is 58.1 Å². The van der Waals surface area contributed by atoms with E-state index in [2.05, 4.69) is 15.9 Å². The minimum atomic E-state index is 0.00593. The molecular weight excluding hydrogens is 308 g/mol. The maximum atomic E-state index is 11.3. The molecule has 1 N–H and O–H groups in total. The Morgan fingerprint density at radius 2 is 2.05 bits per heavy atom. The second kappa shape index (κ2) is 5.89. The summed E-state index contributed by atoms with van der Waals surface area (Å²) >= 11 is 3.34. The number of carbonyl (C=O) groups is 1. The molecule has 0 aliphatic rings. The second-order valence-electron chi connectivity index (χ2n) is 4.16. The number of hydrogen-bond acceptors (Lipinski definition) is 3. The first kappa shape index (κ1) is 13.6. The molecule has 98 valence electrons. The Morgan fingerprint density at radius 3 is 2.68 bits per heavy atom. The molecule has 0 atom stereocenters. The largest absolute Gasteiger partial charge is 0.508 e. The van der Waals surface area contributed by atoms with E-state index in [1.165, 1.54) is 6.92 Å². The van der Waals surface area contributed by atoms with Crippen LogP contribution in [0.5, 0.6) is 11.5 Å². The van der Waals surface area contributed by atoms with Gasteiger partial charge in [-0.3, -0.25) is 4.79 Å². The van der Waals surface area contributed by atoms with Crippen molar-refractivity contribution in [2.75, 3.05) is 0 Å². The van der Waals surface area contributed by atoms with Gasteiger partial charge >= 0.3 is 0 Å². The lowest BCUT2D eigenvalue weighted by atomic mass is 10.1. The lowest BCUT2D eigenvalue weighted by Gasteiger charge is -2.08. The molecule has 0 heterocycles. The van der Waals surface area contributed by atoms with E-state index in [-0.39, 0.29) is 11.5 Å². The van der Waals surface area contributed by atoms with Gasteiger partial charge in [0.05, 0.1) is 0 Å². The first-order valence-corrected chi connectivity index (χ1v) is 6.57. The monoisotopic (exact) mass is 320 g/mol. The highest BCUT2D eigenvalue weighted by atomic mass is 79.9. The lowest BCUT2D eigenvalue weighted by molar-refractivity contribution is 0.101. The summed E-state index contributed by atoms with van der Waals surface area (Å²) in [5.41, 5.74) is 1.51. The fraction of sp³-hybridized carbons (Fsp3) is 0.133. The van der Waals surface area contributed by atoms with Gasteiger partial charge in [0.25, 0.3) is 0 Å². The van der Waals surface area contributed by atoms with E-state index in [0.717, 1.165) is 5.56 Å². The molecule has 2 aromatic carbocycles. The fourth-order valence-electron chi connectivity index (χ4n) is 1.68. The summed E-state index contributed by atoms with van der Waals surface area (Å²) in [4.78, 5) is 11.3. The summed E-state index contributed by atoms with van der Waals surface area (Å²) in [6.45, 7) is 1.88. The highest BCUT2D eigenvalue weighted by molar-refractivity contribution is 9.10. The minimum Gasteiger partial charge on any atom is -0.508 e. The smallest absolute Gasteiger partial charge is 0.160 e. The first-order chi connectivity index (χ1) is 9.06. The van der Waals surface area contributed by atoms with Crippen LogP contribution in [-0.2, 0) is 6.61 Å². The zero-order valence-electron chi connectivity index (χ0n) is 10.4. The summed E-state index contributed by atoms with van der Waals surface area (Å²) in [7, 11) is 0. The van der Waals surface area contributed by atoms with E-state index in [0.29, 0.717) is 22.4 Å². The van der Waals surface area contributed by atoms with Crippen molar-refractivity contribution in [1.29, 1.82) is 0 Å². The molecule has 4 heteroatoms. The maximum absolute atomic E-state index is 11.3. The molecule has 2 aromatic rings. The topological polar surface area (TPSA) is 46.5 Å². The number of hydrogen-bond donors (Lipinski definition) is 1. The molecule has 0 bridgehead atoms. The van der Waals surface area contributed by atoms with Gasteiger partial charge in [-0.15, -0.1) is 0 Å². The normalized spacial score (nSPS) is 10.2. The third-order valence-corrected chi connectivity index (χ3v) is 3.29. The molecule has 0 radical (unpaired) electrons. The molecule has 0 saturated carbocycles. The van der Waals surface area contributed by atoms with Crippen LogP contribution in [-0.4, -0.2) is 10.9 Å². The molecule has 0 aliphatic carbocycles. The van der Waals surface area contributed by atoms with Crippen LogP contribution in [0.1, 0.15) is 22.8 Å². The third kappa shape index (κ3) is 3.58. The van der Waals surface area contributed by atoms with Gasteiger partial charge in [-0.05, 0) is 58.7 Å². The van der Waals surface area contributed by atoms with Gasteiger partial charge in [0.2, 0.25) is 0 Å². The van der Waals surface area contributed by atoms with Gasteiger partial charge < -0.3 is 9.84 Å². The Kier molecular flexibility index (Phi) is 4.22. The number of Topliss-reactive ketones (excluding diaryl/α,β-unsaturated/α-hetero) is 1. The van der Waals surface area contributed by atoms with Gasteiger partial charge in [0, 0.05) is 10.0 Å². The number of benzene rings is 2. The van der Waals surface area contributed by atoms with Crippen LogP contribution in [0, 0.1) is 0 Å². The van der Waals surface area contributed by atoms with E-state index in [1.54, 1.807) is 36.4 Å². The summed E-state index contributed by atoms with van der Waals surface area (Å²) in [6.07, 6.45) is 0. The summed E-state index contributed by atoms with van der Waals surface area (Å²) in [6, 6.07) is 12.1. The third-order valence-electron chi connectivity index (χ3n) is 2.64. The summed E-state index contributed by atoms with van der Waals surface area (Å²) in [5, 5.41) is 9.35. The Bertz CT molecular complexity index is 608. The van der Waals surface area contributed by atoms with Gasteiger partial charge in [-0.25, -0.2) is 0 Å². The Balaban J connectivity index is 2.08. The van der Waals surface area contributed by atoms with Crippen molar-refractivity contribution >= 4 is 21.7 Å². The van der Waals surface area contributed by atoms with Crippen molar-refractivity contribution < 1.29 is 14.6 Å². The van der Waals surface area contributed by atoms with Gasteiger partial charge in [0.15, 0.2) is 5.78 Å². The Labute approximate surface area is 120 Å². The standard InChI is InChI=1S/C15H13BrO3/c1-10(17)14-6-5-13(8-15(14)16)19-9-11-3-2-4-12(18)7-11/h2-8,18H,9H2,1H3. The molecule has 19 heavy (non-hydrogen) atoms. The molecule has 0 unspecified atom stereocenters. The van der Waals surface area contributed by atoms with E-state index in [9.17, 15) is 9.90 Å². The van der Waals surface area contributed by atoms with Crippen molar-refractivity contribution in [3.63, 3.8) is 0 Å². The first-order valence-electron chi connectivity index (χ1n) is 5.77. The van der Waals surface area contributed by atoms with Gasteiger partial charge in [-0.2, -0.15) is 0 Å². The Hall–Kier alpha value is -1.81. The highest BCUT2D eigenvalue weighted by Crippen LogP contribution is 2.24. The molecule has 0 aromatic heterocycles. The number of aromatic hydroxyl groups is 1. The van der Waals surface area contributed by atoms with E-state index in [4.69, 9.17) is 4.74 Å². The molecule has 0 spiro atoms. The maximum Gasteiger partial charge on any atom is 0.160 e. The van der Waals surface area contributed by atoms with Gasteiger partial charge in [0.1, 0.15) is 18.1 Å². The fourth-order valence-corrected chi connectivity index (χ4v) is 2.32. The SMILES string of the molecule is CC(=O)c1ccc(OCc2cccc(O)c2)cc1Br. The summed E-state index contributed by atoms with van der Waals surface area (Å²) < 4.78 is 6.33. The molecule has 2 rings (SSSR count). The number of ketones is 1. The van der Waals surface area contributed by atoms with E-state index in [1.807, 2.05) is 6.07 Å². The van der Waals surface area contributed by atoms with Crippen molar-refractivity contribution in [2.45, 2.75) is 13.5 Å². The molecule has 0 saturated heterocycles. The molecule has 0 amide bonds. The van der Waals surface area contributed by atoms with Crippen molar-refractivity contribution in [2.24, 2.45) is 0 Å². The van der Waals surface area contributed by atoms with Crippen LogP contribution < -0.4 is 4.74 Å². The van der Waals surface area contributed by atoms with Crippen LogP contribution in [0.2, 0.25) is 0 Å². The van der Waals surface area contributed by atoms with Gasteiger partial charge in [-0.1, -0.05) is 12.1 Å². The molecule has 0 fully saturated rings. The Morgan fingerprint density at radius 1 is 1.26 bits per heavy atom. The zero-order chi connectivity index (χ0) is 13.8. The predicted molar refractivity (Wildman–Crippen MR) is 76.6 cm³/mol. The van der Waals surface area contributed by atoms with Crippen LogP contribution in [0.15, 0.2) is 46.9 Å². The van der Waals surface area contributed by atoms with Crippen LogP contribution >= 0.6 is 15.9 Å². The number of ether oxygens (including phenoxy) is 1. The highest BCUT2D eigenvalue weighted by Gasteiger charge is 2.06. The average Bonchev–Trinajstić information content (AvgIpc) is 2.36. The van der Waals surface area contributed by atoms with Crippen molar-refractivity contribution in [1.82, 2.24) is 0 Å².